The van der Waals surface area contributed by atoms with Gasteiger partial charge < -0.3 is 10.0 Å². The molecular weight excluding hydrogens is 299 g/mol. The van der Waals surface area contributed by atoms with Gasteiger partial charge in [-0.2, -0.15) is 10.3 Å². The number of urea groups is 1. The SMILES string of the molecule is CC1=C[C@@H]2CN(C(=O)N2O[C@@H](F)C(=O)O)[C@@H]1C(=O)N(C)C#N. The van der Waals surface area contributed by atoms with Crippen LogP contribution in [0.5, 0.6) is 0 Å². The van der Waals surface area contributed by atoms with Crippen molar-refractivity contribution in [1.82, 2.24) is 14.9 Å². The van der Waals surface area contributed by atoms with Crippen molar-refractivity contribution >= 4 is 17.9 Å². The zero-order valence-corrected chi connectivity index (χ0v) is 11.8. The number of nitrogens with zero attached hydrogens (tertiary/aromatic N) is 4. The fourth-order valence-corrected chi connectivity index (χ4v) is 2.43. The molecule has 0 aromatic carbocycles. The Kier molecular flexibility index (Phi) is 4.01. The minimum absolute atomic E-state index is 0.0399. The van der Waals surface area contributed by atoms with Crippen molar-refractivity contribution in [3.05, 3.63) is 11.6 Å². The van der Waals surface area contributed by atoms with Crippen molar-refractivity contribution < 1.29 is 28.7 Å². The predicted molar refractivity (Wildman–Crippen MR) is 67.3 cm³/mol. The minimum atomic E-state index is -2.69. The number of aliphatic carboxylic acids is 1. The van der Waals surface area contributed by atoms with E-state index in [0.717, 1.165) is 9.80 Å². The molecule has 1 N–H and O–H groups in total. The zero-order valence-electron chi connectivity index (χ0n) is 11.8. The Morgan fingerprint density at radius 2 is 2.27 bits per heavy atom. The Balaban J connectivity index is 2.24. The van der Waals surface area contributed by atoms with Crippen LogP contribution in [-0.2, 0) is 14.4 Å². The number of hydrogen-bond donors (Lipinski definition) is 1. The molecule has 0 aliphatic carbocycles. The highest BCUT2D eigenvalue weighted by molar-refractivity contribution is 5.92. The van der Waals surface area contributed by atoms with Crippen LogP contribution in [0, 0.1) is 11.5 Å². The van der Waals surface area contributed by atoms with E-state index < -0.39 is 36.3 Å². The van der Waals surface area contributed by atoms with E-state index in [1.54, 1.807) is 13.1 Å². The van der Waals surface area contributed by atoms with Gasteiger partial charge in [0.25, 0.3) is 5.91 Å². The van der Waals surface area contributed by atoms with E-state index in [1.165, 1.54) is 13.1 Å². The molecule has 2 aliphatic heterocycles. The van der Waals surface area contributed by atoms with E-state index in [-0.39, 0.29) is 6.54 Å². The molecule has 2 bridgehead atoms. The molecule has 2 aliphatic rings. The summed E-state index contributed by atoms with van der Waals surface area (Å²) in [6.45, 7) is 1.63. The Hall–Kier alpha value is -2.67. The quantitative estimate of drug-likeness (QED) is 0.432. The lowest BCUT2D eigenvalue weighted by atomic mass is 10.00. The number of hydroxylamine groups is 2. The van der Waals surface area contributed by atoms with Gasteiger partial charge in [-0.3, -0.25) is 9.69 Å². The number of amides is 3. The Morgan fingerprint density at radius 3 is 2.82 bits per heavy atom. The van der Waals surface area contributed by atoms with Gasteiger partial charge in [-0.1, -0.05) is 6.08 Å². The second-order valence-electron chi connectivity index (χ2n) is 4.90. The third-order valence-corrected chi connectivity index (χ3v) is 3.43. The number of carboxylic acid groups (broad SMARTS) is 1. The van der Waals surface area contributed by atoms with Crippen LogP contribution in [-0.4, -0.2) is 69.9 Å². The number of fused-ring (bicyclic) bond motifs is 2. The maximum Gasteiger partial charge on any atom is 0.368 e. The number of carbonyl (C=O) groups is 3. The summed E-state index contributed by atoms with van der Waals surface area (Å²) in [5.74, 6) is -2.47. The Bertz CT molecular complexity index is 601. The van der Waals surface area contributed by atoms with Crippen molar-refractivity contribution in [1.29, 1.82) is 5.26 Å². The largest absolute Gasteiger partial charge is 0.477 e. The molecule has 2 rings (SSSR count). The lowest BCUT2D eigenvalue weighted by Crippen LogP contribution is -2.49. The number of halogens is 1. The van der Waals surface area contributed by atoms with Crippen LogP contribution < -0.4 is 0 Å². The van der Waals surface area contributed by atoms with Crippen LogP contribution in [0.15, 0.2) is 11.6 Å². The molecular formula is C12H13FN4O5. The third-order valence-electron chi connectivity index (χ3n) is 3.43. The van der Waals surface area contributed by atoms with Gasteiger partial charge in [0.1, 0.15) is 6.04 Å². The fourth-order valence-electron chi connectivity index (χ4n) is 2.43. The van der Waals surface area contributed by atoms with E-state index in [1.807, 2.05) is 0 Å². The molecule has 0 unspecified atom stereocenters. The van der Waals surface area contributed by atoms with E-state index in [2.05, 4.69) is 4.84 Å². The molecule has 0 spiro atoms. The zero-order chi connectivity index (χ0) is 16.6. The molecule has 0 aromatic rings. The minimum Gasteiger partial charge on any atom is -0.477 e. The molecule has 3 amide bonds. The normalized spacial score (nSPS) is 24.6. The topological polar surface area (TPSA) is 114 Å². The van der Waals surface area contributed by atoms with E-state index >= 15 is 0 Å². The number of carboxylic acids is 1. The van der Waals surface area contributed by atoms with Gasteiger partial charge in [-0.05, 0) is 12.5 Å². The second-order valence-corrected chi connectivity index (χ2v) is 4.90. The summed E-state index contributed by atoms with van der Waals surface area (Å²) in [7, 11) is 1.26. The number of alkyl halides is 1. The Morgan fingerprint density at radius 1 is 1.64 bits per heavy atom. The van der Waals surface area contributed by atoms with Gasteiger partial charge in [0.15, 0.2) is 6.19 Å². The highest BCUT2D eigenvalue weighted by Crippen LogP contribution is 2.30. The summed E-state index contributed by atoms with van der Waals surface area (Å²) >= 11 is 0. The van der Waals surface area contributed by atoms with Crippen molar-refractivity contribution in [2.45, 2.75) is 25.4 Å². The monoisotopic (exact) mass is 312 g/mol. The van der Waals surface area contributed by atoms with Gasteiger partial charge in [0.2, 0.25) is 0 Å². The van der Waals surface area contributed by atoms with Crippen molar-refractivity contribution in [2.75, 3.05) is 13.6 Å². The summed E-state index contributed by atoms with van der Waals surface area (Å²) in [4.78, 5) is 41.2. The highest BCUT2D eigenvalue weighted by Gasteiger charge is 2.49. The average Bonchev–Trinajstić information content (AvgIpc) is 2.71. The lowest BCUT2D eigenvalue weighted by Gasteiger charge is -2.30. The van der Waals surface area contributed by atoms with Crippen LogP contribution in [0.3, 0.4) is 0 Å². The van der Waals surface area contributed by atoms with E-state index in [4.69, 9.17) is 10.4 Å². The molecule has 22 heavy (non-hydrogen) atoms. The molecule has 0 saturated carbocycles. The number of rotatable bonds is 4. The number of nitriles is 1. The molecule has 3 atom stereocenters. The highest BCUT2D eigenvalue weighted by atomic mass is 19.1. The molecule has 9 nitrogen and oxygen atoms in total. The van der Waals surface area contributed by atoms with Crippen LogP contribution in [0.4, 0.5) is 9.18 Å². The maximum atomic E-state index is 13.2. The van der Waals surface area contributed by atoms with Crippen LogP contribution in [0.2, 0.25) is 0 Å². The smallest absolute Gasteiger partial charge is 0.368 e. The molecule has 1 fully saturated rings. The standard InChI is InChI=1S/C12H13FN4O5/c1-6-3-7-4-16(8(6)10(18)15(2)5-14)12(21)17(7)22-9(13)11(19)20/h3,7-9H,4H2,1-2H3,(H,19,20)/t7-,8+,9-/m1/s1. The van der Waals surface area contributed by atoms with Gasteiger partial charge in [0.05, 0.1) is 12.6 Å². The van der Waals surface area contributed by atoms with Gasteiger partial charge in [-0.25, -0.2) is 18.8 Å². The summed E-state index contributed by atoms with van der Waals surface area (Å²) in [6, 6.07) is -2.52. The van der Waals surface area contributed by atoms with Crippen LogP contribution in [0.25, 0.3) is 0 Å². The Labute approximate surface area is 124 Å². The first kappa shape index (κ1) is 15.7. The molecule has 2 heterocycles. The first-order valence-electron chi connectivity index (χ1n) is 6.27. The maximum absolute atomic E-state index is 13.2. The number of likely N-dealkylation sites (N-methyl/N-ethyl adjacent to an activating group) is 1. The first-order chi connectivity index (χ1) is 10.3. The van der Waals surface area contributed by atoms with Crippen molar-refractivity contribution in [3.63, 3.8) is 0 Å². The van der Waals surface area contributed by atoms with Crippen LogP contribution >= 0.6 is 0 Å². The van der Waals surface area contributed by atoms with E-state index in [0.29, 0.717) is 10.6 Å². The molecule has 10 heteroatoms. The lowest BCUT2D eigenvalue weighted by molar-refractivity contribution is -0.219. The second kappa shape index (κ2) is 5.61. The number of carbonyl (C=O) groups excluding carboxylic acids is 2. The first-order valence-corrected chi connectivity index (χ1v) is 6.27. The average molecular weight is 312 g/mol. The van der Waals surface area contributed by atoms with Crippen molar-refractivity contribution in [3.8, 4) is 6.19 Å². The molecule has 0 aromatic heterocycles. The van der Waals surface area contributed by atoms with Gasteiger partial charge in [0, 0.05) is 7.05 Å². The van der Waals surface area contributed by atoms with E-state index in [9.17, 15) is 18.8 Å². The van der Waals surface area contributed by atoms with Crippen LogP contribution in [0.1, 0.15) is 6.92 Å². The summed E-state index contributed by atoms with van der Waals surface area (Å²) in [6.07, 6.45) is 0.482. The number of hydrogen-bond acceptors (Lipinski definition) is 5. The third kappa shape index (κ3) is 2.46. The molecule has 0 radical (unpaired) electrons. The summed E-state index contributed by atoms with van der Waals surface area (Å²) in [5, 5.41) is 17.9. The van der Waals surface area contributed by atoms with Gasteiger partial charge in [-0.15, -0.1) is 0 Å². The predicted octanol–water partition coefficient (Wildman–Crippen LogP) is -0.328. The molecule has 118 valence electrons. The molecule has 1 saturated heterocycles. The van der Waals surface area contributed by atoms with Crippen molar-refractivity contribution in [2.24, 2.45) is 0 Å². The fraction of sp³-hybridized carbons (Fsp3) is 0.500. The van der Waals surface area contributed by atoms with Gasteiger partial charge >= 0.3 is 18.4 Å². The summed E-state index contributed by atoms with van der Waals surface area (Å²) < 4.78 is 13.2. The summed E-state index contributed by atoms with van der Waals surface area (Å²) in [5.41, 5.74) is 0.494.